The number of aliphatic hydroxyl groups excluding tert-OH is 1. The molecule has 0 radical (unpaired) electrons. The third kappa shape index (κ3) is 1.58. The summed E-state index contributed by atoms with van der Waals surface area (Å²) < 4.78 is 2.66. The number of hydrogen-bond acceptors (Lipinski definition) is 3. The first-order chi connectivity index (χ1) is 7.62. The smallest absolute Gasteiger partial charge is 0.269 e. The highest BCUT2D eigenvalue weighted by atomic mass is 32.1. The molecule has 2 rings (SSSR count). The number of aliphatic hydroxyl groups is 1. The molecule has 1 aromatic carbocycles. The van der Waals surface area contributed by atoms with Gasteiger partial charge in [-0.15, -0.1) is 0 Å². The standard InChI is InChI=1S/C12H15NO2S/c1-3-12(2,8-14)13-11(15)9-6-4-5-7-10(9)16-13/h4-7,14H,3,8H2,1-2H3. The molecule has 3 nitrogen and oxygen atoms in total. The number of aromatic nitrogens is 1. The molecule has 0 fully saturated rings. The van der Waals surface area contributed by atoms with Crippen molar-refractivity contribution < 1.29 is 5.11 Å². The fraction of sp³-hybridized carbons (Fsp3) is 0.417. The summed E-state index contributed by atoms with van der Waals surface area (Å²) in [6, 6.07) is 7.55. The first-order valence-electron chi connectivity index (χ1n) is 5.35. The maximum absolute atomic E-state index is 12.2. The Bertz CT molecular complexity index is 551. The molecule has 86 valence electrons. The zero-order valence-electron chi connectivity index (χ0n) is 9.43. The van der Waals surface area contributed by atoms with Gasteiger partial charge in [0.05, 0.1) is 22.2 Å². The molecule has 1 N–H and O–H groups in total. The molecule has 0 aliphatic heterocycles. The summed E-state index contributed by atoms with van der Waals surface area (Å²) in [6.07, 6.45) is 0.732. The van der Waals surface area contributed by atoms with E-state index in [1.807, 2.05) is 38.1 Å². The Balaban J connectivity index is 2.71. The van der Waals surface area contributed by atoms with Gasteiger partial charge in [-0.1, -0.05) is 30.6 Å². The molecule has 0 aliphatic carbocycles. The summed E-state index contributed by atoms with van der Waals surface area (Å²) in [7, 11) is 0. The van der Waals surface area contributed by atoms with E-state index in [0.29, 0.717) is 0 Å². The number of nitrogens with zero attached hydrogens (tertiary/aromatic N) is 1. The van der Waals surface area contributed by atoms with Crippen molar-refractivity contribution in [1.82, 2.24) is 3.96 Å². The van der Waals surface area contributed by atoms with Gasteiger partial charge in [0.2, 0.25) is 0 Å². The summed E-state index contributed by atoms with van der Waals surface area (Å²) in [5.41, 5.74) is -0.486. The third-order valence-corrected chi connectivity index (χ3v) is 4.43. The van der Waals surface area contributed by atoms with Gasteiger partial charge in [-0.3, -0.25) is 8.75 Å². The molecule has 1 heterocycles. The van der Waals surface area contributed by atoms with Crippen molar-refractivity contribution in [2.24, 2.45) is 0 Å². The van der Waals surface area contributed by atoms with Crippen LogP contribution in [0.3, 0.4) is 0 Å². The lowest BCUT2D eigenvalue weighted by Gasteiger charge is -2.25. The zero-order chi connectivity index (χ0) is 11.8. The van der Waals surface area contributed by atoms with Crippen LogP contribution >= 0.6 is 11.5 Å². The normalized spacial score (nSPS) is 15.2. The second kappa shape index (κ2) is 4.03. The van der Waals surface area contributed by atoms with Gasteiger partial charge in [-0.25, -0.2) is 0 Å². The Hall–Kier alpha value is -1.13. The monoisotopic (exact) mass is 237 g/mol. The largest absolute Gasteiger partial charge is 0.394 e. The molecular weight excluding hydrogens is 222 g/mol. The number of benzene rings is 1. The molecule has 0 saturated heterocycles. The van der Waals surface area contributed by atoms with Gasteiger partial charge in [0.25, 0.3) is 5.56 Å². The summed E-state index contributed by atoms with van der Waals surface area (Å²) in [4.78, 5) is 12.2. The molecule has 0 amide bonds. The summed E-state index contributed by atoms with van der Waals surface area (Å²) >= 11 is 1.42. The molecule has 0 saturated carbocycles. The number of hydrogen-bond donors (Lipinski definition) is 1. The van der Waals surface area contributed by atoms with Crippen LogP contribution in [0.1, 0.15) is 20.3 Å². The van der Waals surface area contributed by atoms with Gasteiger partial charge in [-0.05, 0) is 25.5 Å². The second-order valence-corrected chi connectivity index (χ2v) is 5.18. The van der Waals surface area contributed by atoms with Crippen molar-refractivity contribution >= 4 is 21.6 Å². The van der Waals surface area contributed by atoms with Gasteiger partial charge in [0.1, 0.15) is 0 Å². The highest BCUT2D eigenvalue weighted by Gasteiger charge is 2.26. The quantitative estimate of drug-likeness (QED) is 0.889. The lowest BCUT2D eigenvalue weighted by molar-refractivity contribution is 0.151. The average molecular weight is 237 g/mol. The first-order valence-corrected chi connectivity index (χ1v) is 6.12. The van der Waals surface area contributed by atoms with Crippen LogP contribution in [0.5, 0.6) is 0 Å². The van der Waals surface area contributed by atoms with Crippen molar-refractivity contribution in [3.8, 4) is 0 Å². The van der Waals surface area contributed by atoms with Crippen LogP contribution in [0.15, 0.2) is 29.1 Å². The molecule has 2 aromatic rings. The molecule has 16 heavy (non-hydrogen) atoms. The highest BCUT2D eigenvalue weighted by molar-refractivity contribution is 7.13. The lowest BCUT2D eigenvalue weighted by Crippen LogP contribution is -2.38. The minimum atomic E-state index is -0.485. The highest BCUT2D eigenvalue weighted by Crippen LogP contribution is 2.25. The molecule has 1 aromatic heterocycles. The molecule has 0 spiro atoms. The van der Waals surface area contributed by atoms with Crippen LogP contribution < -0.4 is 5.56 Å². The van der Waals surface area contributed by atoms with Gasteiger partial charge in [0, 0.05) is 0 Å². The van der Waals surface area contributed by atoms with Crippen LogP contribution in [-0.2, 0) is 5.54 Å². The SMILES string of the molecule is CCC(C)(CO)n1sc2ccccc2c1=O. The number of rotatable bonds is 3. The molecule has 0 aliphatic rings. The number of fused-ring (bicyclic) bond motifs is 1. The van der Waals surface area contributed by atoms with Crippen LogP contribution in [0.25, 0.3) is 10.1 Å². The van der Waals surface area contributed by atoms with E-state index in [4.69, 9.17) is 0 Å². The van der Waals surface area contributed by atoms with Crippen molar-refractivity contribution in [3.05, 3.63) is 34.6 Å². The van der Waals surface area contributed by atoms with Gasteiger partial charge in [0.15, 0.2) is 0 Å². The summed E-state index contributed by atoms with van der Waals surface area (Å²) in [5, 5.41) is 10.2. The van der Waals surface area contributed by atoms with Crippen molar-refractivity contribution in [2.45, 2.75) is 25.8 Å². The van der Waals surface area contributed by atoms with E-state index in [1.165, 1.54) is 11.5 Å². The van der Waals surface area contributed by atoms with E-state index in [-0.39, 0.29) is 12.2 Å². The second-order valence-electron chi connectivity index (χ2n) is 4.20. The Kier molecular flexibility index (Phi) is 2.86. The van der Waals surface area contributed by atoms with E-state index in [9.17, 15) is 9.90 Å². The summed E-state index contributed by atoms with van der Waals surface area (Å²) in [5.74, 6) is 0. The Morgan fingerprint density at radius 1 is 1.44 bits per heavy atom. The zero-order valence-corrected chi connectivity index (χ0v) is 10.3. The average Bonchev–Trinajstić information content (AvgIpc) is 2.67. The van der Waals surface area contributed by atoms with Crippen molar-refractivity contribution in [3.63, 3.8) is 0 Å². The Morgan fingerprint density at radius 2 is 2.12 bits per heavy atom. The van der Waals surface area contributed by atoms with E-state index >= 15 is 0 Å². The predicted molar refractivity (Wildman–Crippen MR) is 67.1 cm³/mol. The fourth-order valence-electron chi connectivity index (χ4n) is 1.65. The molecular formula is C12H15NO2S. The van der Waals surface area contributed by atoms with Crippen LogP contribution in [0, 0.1) is 0 Å². The van der Waals surface area contributed by atoms with Crippen molar-refractivity contribution in [2.75, 3.05) is 6.61 Å². The van der Waals surface area contributed by atoms with Crippen LogP contribution in [0.4, 0.5) is 0 Å². The minimum Gasteiger partial charge on any atom is -0.394 e. The van der Waals surface area contributed by atoms with Gasteiger partial charge in [-0.2, -0.15) is 0 Å². The van der Waals surface area contributed by atoms with E-state index in [1.54, 1.807) is 3.96 Å². The van der Waals surface area contributed by atoms with E-state index in [0.717, 1.165) is 16.5 Å². The summed E-state index contributed by atoms with van der Waals surface area (Å²) in [6.45, 7) is 3.87. The third-order valence-electron chi connectivity index (χ3n) is 3.08. The first kappa shape index (κ1) is 11.4. The predicted octanol–water partition coefficient (Wildman–Crippen LogP) is 2.18. The van der Waals surface area contributed by atoms with Crippen molar-refractivity contribution in [1.29, 1.82) is 0 Å². The van der Waals surface area contributed by atoms with E-state index < -0.39 is 5.54 Å². The molecule has 1 unspecified atom stereocenters. The lowest BCUT2D eigenvalue weighted by atomic mass is 10.0. The van der Waals surface area contributed by atoms with Gasteiger partial charge < -0.3 is 5.11 Å². The Labute approximate surface area is 98.1 Å². The molecule has 4 heteroatoms. The fourth-order valence-corrected chi connectivity index (χ4v) is 2.83. The molecule has 1 atom stereocenters. The van der Waals surface area contributed by atoms with Crippen LogP contribution in [-0.4, -0.2) is 15.7 Å². The van der Waals surface area contributed by atoms with E-state index in [2.05, 4.69) is 0 Å². The molecule has 0 bridgehead atoms. The maximum atomic E-state index is 12.2. The Morgan fingerprint density at radius 3 is 2.69 bits per heavy atom. The maximum Gasteiger partial charge on any atom is 0.269 e. The van der Waals surface area contributed by atoms with Crippen LogP contribution in [0.2, 0.25) is 0 Å². The minimum absolute atomic E-state index is 0.000926. The topological polar surface area (TPSA) is 42.2 Å². The van der Waals surface area contributed by atoms with Gasteiger partial charge >= 0.3 is 0 Å².